The molecule has 0 spiro atoms. The maximum absolute atomic E-state index is 10.1. The number of carbonyl (C=O) groups is 1. The van der Waals surface area contributed by atoms with Crippen LogP contribution in [0.25, 0.3) is 6.08 Å². The Morgan fingerprint density at radius 2 is 1.19 bits per heavy atom. The van der Waals surface area contributed by atoms with Crippen molar-refractivity contribution in [3.63, 3.8) is 0 Å². The van der Waals surface area contributed by atoms with E-state index >= 15 is 0 Å². The molecule has 10 nitrogen and oxygen atoms in total. The quantitative estimate of drug-likeness (QED) is 0.522. The van der Waals surface area contributed by atoms with E-state index in [1.165, 1.54) is 6.08 Å². The van der Waals surface area contributed by atoms with Crippen LogP contribution < -0.4 is 49.8 Å². The smallest absolute Gasteiger partial charge is 0.118 e. The van der Waals surface area contributed by atoms with Crippen LogP contribution in [0.4, 0.5) is 0 Å². The highest BCUT2D eigenvalue weighted by Crippen LogP contribution is 2.11. The van der Waals surface area contributed by atoms with E-state index in [1.54, 1.807) is 52.1 Å². The summed E-state index contributed by atoms with van der Waals surface area (Å²) < 4.78 is 4.94. The SMILES string of the molecule is CC[O-].CC[O-].CC[O-].COc1ccc(C=CC(=O)[O-])cc1.[NH4+].[NH4+].[NH4+].[NH4+]. The maximum atomic E-state index is 10.1. The summed E-state index contributed by atoms with van der Waals surface area (Å²) in [4.78, 5) is 10.1. The molecule has 1 rings (SSSR count). The molecule has 0 aliphatic heterocycles. The Kier molecular flexibility index (Phi) is 65.0. The Bertz CT molecular complexity index is 371. The minimum Gasteiger partial charge on any atom is -0.855 e. The molecule has 26 heavy (non-hydrogen) atoms. The van der Waals surface area contributed by atoms with Crippen LogP contribution in [-0.2, 0) is 4.79 Å². The summed E-state index contributed by atoms with van der Waals surface area (Å²) in [7, 11) is 1.58. The maximum Gasteiger partial charge on any atom is 0.118 e. The van der Waals surface area contributed by atoms with Gasteiger partial charge in [-0.05, 0) is 23.8 Å². The molecule has 0 saturated heterocycles. The molecular formula is C16H40N4O6. The zero-order valence-corrected chi connectivity index (χ0v) is 17.5. The van der Waals surface area contributed by atoms with Crippen LogP contribution in [0.3, 0.4) is 0 Å². The van der Waals surface area contributed by atoms with Crippen molar-refractivity contribution >= 4 is 12.0 Å². The van der Waals surface area contributed by atoms with E-state index in [-0.39, 0.29) is 44.4 Å². The van der Waals surface area contributed by atoms with E-state index in [9.17, 15) is 9.90 Å². The summed E-state index contributed by atoms with van der Waals surface area (Å²) >= 11 is 0. The first-order chi connectivity index (χ1) is 10.5. The van der Waals surface area contributed by atoms with E-state index in [1.807, 2.05) is 0 Å². The fourth-order valence-electron chi connectivity index (χ4n) is 0.879. The molecule has 10 heteroatoms. The minimum absolute atomic E-state index is 0. The van der Waals surface area contributed by atoms with Crippen molar-refractivity contribution in [3.8, 4) is 5.75 Å². The molecule has 0 atom stereocenters. The molecule has 0 aliphatic rings. The number of rotatable bonds is 3. The second-order valence-electron chi connectivity index (χ2n) is 3.29. The van der Waals surface area contributed by atoms with Gasteiger partial charge < -0.3 is 54.6 Å². The lowest BCUT2D eigenvalue weighted by Gasteiger charge is -1.99. The Hall–Kier alpha value is -2.05. The molecule has 0 heterocycles. The summed E-state index contributed by atoms with van der Waals surface area (Å²) in [5.74, 6) is -0.457. The second-order valence-corrected chi connectivity index (χ2v) is 3.29. The highest BCUT2D eigenvalue weighted by Gasteiger charge is 1.89. The molecule has 0 aromatic heterocycles. The molecule has 160 valence electrons. The van der Waals surface area contributed by atoms with Gasteiger partial charge in [-0.25, -0.2) is 0 Å². The van der Waals surface area contributed by atoms with Gasteiger partial charge in [0.2, 0.25) is 0 Å². The van der Waals surface area contributed by atoms with Crippen molar-refractivity contribution in [2.45, 2.75) is 20.8 Å². The third kappa shape index (κ3) is 43.1. The first-order valence-electron chi connectivity index (χ1n) is 6.74. The minimum atomic E-state index is -1.20. The molecular weight excluding hydrogens is 344 g/mol. The molecule has 0 amide bonds. The number of quaternary nitrogens is 4. The molecule has 0 bridgehead atoms. The molecule has 0 unspecified atom stereocenters. The number of hydrogen-bond donors (Lipinski definition) is 4. The molecule has 0 radical (unpaired) electrons. The van der Waals surface area contributed by atoms with Crippen molar-refractivity contribution in [3.05, 3.63) is 35.9 Å². The Balaban J connectivity index is -0.0000000479. The highest BCUT2D eigenvalue weighted by molar-refractivity contribution is 5.83. The van der Waals surface area contributed by atoms with Crippen molar-refractivity contribution in [2.75, 3.05) is 26.9 Å². The van der Waals surface area contributed by atoms with Crippen LogP contribution in [0, 0.1) is 0 Å². The third-order valence-corrected chi connectivity index (χ3v) is 1.53. The highest BCUT2D eigenvalue weighted by atomic mass is 16.5. The Morgan fingerprint density at radius 3 is 1.42 bits per heavy atom. The van der Waals surface area contributed by atoms with Gasteiger partial charge in [-0.2, -0.15) is 0 Å². The number of carboxylic acids is 1. The largest absolute Gasteiger partial charge is 0.855 e. The van der Waals surface area contributed by atoms with E-state index in [4.69, 9.17) is 20.1 Å². The number of carbonyl (C=O) groups excluding carboxylic acids is 1. The average Bonchev–Trinajstić information content (AvgIpc) is 2.48. The number of aliphatic carboxylic acids is 1. The fraction of sp³-hybridized carbons (Fsp3) is 0.438. The number of hydrogen-bond acceptors (Lipinski definition) is 6. The van der Waals surface area contributed by atoms with Gasteiger partial charge in [-0.15, -0.1) is 19.8 Å². The monoisotopic (exact) mass is 384 g/mol. The van der Waals surface area contributed by atoms with Crippen molar-refractivity contribution < 1.29 is 30.0 Å². The first kappa shape index (κ1) is 43.9. The van der Waals surface area contributed by atoms with Gasteiger partial charge >= 0.3 is 0 Å². The van der Waals surface area contributed by atoms with Crippen LogP contribution >= 0.6 is 0 Å². The molecule has 0 aliphatic carbocycles. The molecule has 1 aromatic carbocycles. The van der Waals surface area contributed by atoms with Crippen LogP contribution in [-0.4, -0.2) is 32.9 Å². The van der Waals surface area contributed by atoms with Crippen LogP contribution in [0.1, 0.15) is 26.3 Å². The normalized spacial score (nSPS) is 7.19. The van der Waals surface area contributed by atoms with Gasteiger partial charge in [-0.1, -0.05) is 39.0 Å². The molecule has 1 aromatic rings. The predicted octanol–water partition coefficient (Wildman–Crippen LogP) is 0.0629. The lowest BCUT2D eigenvalue weighted by molar-refractivity contribution is -0.362. The molecule has 0 fully saturated rings. The van der Waals surface area contributed by atoms with Crippen LogP contribution in [0.2, 0.25) is 0 Å². The van der Waals surface area contributed by atoms with Gasteiger partial charge in [0.1, 0.15) is 5.75 Å². The van der Waals surface area contributed by atoms with Gasteiger partial charge in [0.05, 0.1) is 13.1 Å². The van der Waals surface area contributed by atoms with Gasteiger partial charge in [0.25, 0.3) is 0 Å². The number of benzene rings is 1. The number of ether oxygens (including phenoxy) is 1. The zero-order chi connectivity index (χ0) is 17.8. The van der Waals surface area contributed by atoms with Gasteiger partial charge in [0.15, 0.2) is 0 Å². The summed E-state index contributed by atoms with van der Waals surface area (Å²) in [6.07, 6.45) is 2.45. The average molecular weight is 385 g/mol. The summed E-state index contributed by atoms with van der Waals surface area (Å²) in [5.41, 5.74) is 0.796. The second kappa shape index (κ2) is 38.5. The Labute approximate surface area is 156 Å². The topological polar surface area (TPSA) is 265 Å². The number of methoxy groups -OCH3 is 1. The van der Waals surface area contributed by atoms with E-state index < -0.39 is 5.97 Å². The summed E-state index contributed by atoms with van der Waals surface area (Å²) in [6.45, 7) is 4.71. The standard InChI is InChI=1S/C10H10O3.3C2H5O.4H3N/c1-13-9-5-2-8(3-6-9)4-7-10(11)12;3*1-2-3;;;;/h2-7H,1H3,(H,11,12);3*2H2,1H3;4*1H3/q;3*-1;;;;/p+3. The van der Waals surface area contributed by atoms with Crippen molar-refractivity contribution in [2.24, 2.45) is 0 Å². The molecule has 0 saturated carbocycles. The van der Waals surface area contributed by atoms with Crippen LogP contribution in [0.15, 0.2) is 30.3 Å². The van der Waals surface area contributed by atoms with Crippen molar-refractivity contribution in [1.29, 1.82) is 0 Å². The third-order valence-electron chi connectivity index (χ3n) is 1.53. The number of carboxylic acid groups (broad SMARTS) is 1. The lowest BCUT2D eigenvalue weighted by atomic mass is 10.2. The van der Waals surface area contributed by atoms with Gasteiger partial charge in [-0.3, -0.25) is 0 Å². The first-order valence-corrected chi connectivity index (χ1v) is 6.74. The van der Waals surface area contributed by atoms with Gasteiger partial charge in [0, 0.05) is 0 Å². The fourth-order valence-corrected chi connectivity index (χ4v) is 0.879. The lowest BCUT2D eigenvalue weighted by Crippen LogP contribution is -2.18. The van der Waals surface area contributed by atoms with Crippen LogP contribution in [0.5, 0.6) is 5.75 Å². The van der Waals surface area contributed by atoms with E-state index in [2.05, 4.69) is 0 Å². The predicted molar refractivity (Wildman–Crippen MR) is 103 cm³/mol. The summed E-state index contributed by atoms with van der Waals surface area (Å²) in [6, 6.07) is 7.04. The Morgan fingerprint density at radius 1 is 0.885 bits per heavy atom. The zero-order valence-electron chi connectivity index (χ0n) is 17.5. The summed E-state index contributed by atoms with van der Waals surface area (Å²) in [5, 5.41) is 36.9. The van der Waals surface area contributed by atoms with E-state index in [0.29, 0.717) is 0 Å². The van der Waals surface area contributed by atoms with E-state index in [0.717, 1.165) is 17.4 Å². The molecule has 16 N–H and O–H groups in total. The van der Waals surface area contributed by atoms with Crippen molar-refractivity contribution in [1.82, 2.24) is 24.6 Å².